The smallest absolute Gasteiger partial charge is 0.406 e. The van der Waals surface area contributed by atoms with Crippen LogP contribution in [0.2, 0.25) is 0 Å². The van der Waals surface area contributed by atoms with Gasteiger partial charge in [0.05, 0.1) is 11.4 Å². The molecule has 1 aromatic carbocycles. The Labute approximate surface area is 120 Å². The van der Waals surface area contributed by atoms with E-state index in [0.717, 1.165) is 23.4 Å². The van der Waals surface area contributed by atoms with Crippen LogP contribution in [0, 0.1) is 0 Å². The zero-order valence-electron chi connectivity index (χ0n) is 11.7. The van der Waals surface area contributed by atoms with E-state index in [-0.39, 0.29) is 5.75 Å². The van der Waals surface area contributed by atoms with Crippen LogP contribution in [-0.2, 0) is 20.0 Å². The molecule has 0 amide bonds. The summed E-state index contributed by atoms with van der Waals surface area (Å²) in [4.78, 5) is 0. The van der Waals surface area contributed by atoms with Gasteiger partial charge in [-0.05, 0) is 24.1 Å². The fraction of sp³-hybridized carbons (Fsp3) is 0.357. The van der Waals surface area contributed by atoms with Crippen LogP contribution >= 0.6 is 0 Å². The molecule has 0 spiro atoms. The first-order valence-corrected chi connectivity index (χ1v) is 6.48. The molecule has 0 saturated heterocycles. The van der Waals surface area contributed by atoms with Gasteiger partial charge in [-0.1, -0.05) is 19.1 Å². The lowest BCUT2D eigenvalue weighted by Crippen LogP contribution is -2.17. The second-order valence-corrected chi connectivity index (χ2v) is 4.56. The van der Waals surface area contributed by atoms with Crippen LogP contribution in [0.15, 0.2) is 30.5 Å². The van der Waals surface area contributed by atoms with Crippen molar-refractivity contribution >= 4 is 5.69 Å². The predicted octanol–water partition coefficient (Wildman–Crippen LogP) is 3.49. The standard InChI is InChI=1S/C14H16F3N3O/c1-3-12-13(9-20(2)19-12)18-8-10-4-6-11(7-5-10)21-14(15,16)17/h4-7,9,18H,3,8H2,1-2H3. The van der Waals surface area contributed by atoms with Gasteiger partial charge in [0.25, 0.3) is 0 Å². The first kappa shape index (κ1) is 15.2. The van der Waals surface area contributed by atoms with E-state index in [4.69, 9.17) is 0 Å². The van der Waals surface area contributed by atoms with E-state index in [1.165, 1.54) is 12.1 Å². The average molecular weight is 299 g/mol. The van der Waals surface area contributed by atoms with E-state index < -0.39 is 6.36 Å². The Balaban J connectivity index is 1.97. The van der Waals surface area contributed by atoms with Crippen LogP contribution in [0.25, 0.3) is 0 Å². The van der Waals surface area contributed by atoms with Gasteiger partial charge in [0.1, 0.15) is 5.75 Å². The molecule has 0 bridgehead atoms. The monoisotopic (exact) mass is 299 g/mol. The van der Waals surface area contributed by atoms with Gasteiger partial charge in [0, 0.05) is 19.8 Å². The van der Waals surface area contributed by atoms with Crippen molar-refractivity contribution in [1.82, 2.24) is 9.78 Å². The Bertz CT molecular complexity index is 591. The normalized spacial score (nSPS) is 11.5. The number of ether oxygens (including phenoxy) is 1. The van der Waals surface area contributed by atoms with Crippen molar-refractivity contribution in [2.75, 3.05) is 5.32 Å². The van der Waals surface area contributed by atoms with Crippen molar-refractivity contribution in [2.45, 2.75) is 26.3 Å². The van der Waals surface area contributed by atoms with Crippen LogP contribution < -0.4 is 10.1 Å². The molecular formula is C14H16F3N3O. The molecule has 0 fully saturated rings. The summed E-state index contributed by atoms with van der Waals surface area (Å²) in [5, 5.41) is 7.53. The zero-order valence-corrected chi connectivity index (χ0v) is 11.7. The van der Waals surface area contributed by atoms with Gasteiger partial charge in [-0.25, -0.2) is 0 Å². The fourth-order valence-corrected chi connectivity index (χ4v) is 1.95. The number of alkyl halides is 3. The summed E-state index contributed by atoms with van der Waals surface area (Å²) in [6.45, 7) is 2.52. The molecule has 0 unspecified atom stereocenters. The average Bonchev–Trinajstić information content (AvgIpc) is 2.76. The summed E-state index contributed by atoms with van der Waals surface area (Å²) in [6, 6.07) is 5.79. The third kappa shape index (κ3) is 4.40. The Kier molecular flexibility index (Phi) is 4.40. The van der Waals surface area contributed by atoms with Crippen LogP contribution in [-0.4, -0.2) is 16.1 Å². The van der Waals surface area contributed by atoms with Crippen molar-refractivity contribution in [3.05, 3.63) is 41.7 Å². The van der Waals surface area contributed by atoms with Crippen molar-refractivity contribution in [2.24, 2.45) is 7.05 Å². The second kappa shape index (κ2) is 6.07. The summed E-state index contributed by atoms with van der Waals surface area (Å²) < 4.78 is 41.7. The van der Waals surface area contributed by atoms with Crippen molar-refractivity contribution in [3.8, 4) is 5.75 Å². The lowest BCUT2D eigenvalue weighted by Gasteiger charge is -2.10. The van der Waals surface area contributed by atoms with E-state index in [9.17, 15) is 13.2 Å². The number of halogens is 3. The lowest BCUT2D eigenvalue weighted by molar-refractivity contribution is -0.274. The van der Waals surface area contributed by atoms with Crippen LogP contribution in [0.1, 0.15) is 18.2 Å². The number of rotatable bonds is 5. The Hall–Kier alpha value is -2.18. The summed E-state index contributed by atoms with van der Waals surface area (Å²) in [5.74, 6) is -0.220. The maximum atomic E-state index is 12.1. The molecule has 0 atom stereocenters. The number of hydrogen-bond acceptors (Lipinski definition) is 3. The molecule has 2 aromatic rings. The van der Waals surface area contributed by atoms with Gasteiger partial charge in [-0.2, -0.15) is 5.10 Å². The molecule has 0 saturated carbocycles. The number of hydrogen-bond donors (Lipinski definition) is 1. The molecule has 1 N–H and O–H groups in total. The Morgan fingerprint density at radius 1 is 1.24 bits per heavy atom. The van der Waals surface area contributed by atoms with Gasteiger partial charge in [0.2, 0.25) is 0 Å². The lowest BCUT2D eigenvalue weighted by atomic mass is 10.2. The minimum Gasteiger partial charge on any atom is -0.406 e. The van der Waals surface area contributed by atoms with E-state index >= 15 is 0 Å². The minimum absolute atomic E-state index is 0.220. The predicted molar refractivity (Wildman–Crippen MR) is 73.0 cm³/mol. The molecular weight excluding hydrogens is 283 g/mol. The number of nitrogens with one attached hydrogen (secondary N) is 1. The second-order valence-electron chi connectivity index (χ2n) is 4.56. The third-order valence-electron chi connectivity index (χ3n) is 2.88. The molecule has 7 heteroatoms. The highest BCUT2D eigenvalue weighted by Gasteiger charge is 2.30. The first-order valence-electron chi connectivity index (χ1n) is 6.48. The summed E-state index contributed by atoms with van der Waals surface area (Å²) in [7, 11) is 1.84. The molecule has 1 aromatic heterocycles. The van der Waals surface area contributed by atoms with Crippen LogP contribution in [0.3, 0.4) is 0 Å². The molecule has 1 heterocycles. The first-order chi connectivity index (χ1) is 9.87. The minimum atomic E-state index is -4.66. The topological polar surface area (TPSA) is 39.1 Å². The Morgan fingerprint density at radius 3 is 2.48 bits per heavy atom. The molecule has 2 rings (SSSR count). The summed E-state index contributed by atoms with van der Waals surface area (Å²) >= 11 is 0. The van der Waals surface area contributed by atoms with Crippen molar-refractivity contribution in [3.63, 3.8) is 0 Å². The summed E-state index contributed by atoms with van der Waals surface area (Å²) in [6.07, 6.45) is -1.98. The highest BCUT2D eigenvalue weighted by molar-refractivity contribution is 5.47. The number of nitrogens with zero attached hydrogens (tertiary/aromatic N) is 2. The maximum absolute atomic E-state index is 12.1. The van der Waals surface area contributed by atoms with E-state index in [2.05, 4.69) is 15.2 Å². The zero-order chi connectivity index (χ0) is 15.5. The SMILES string of the molecule is CCc1nn(C)cc1NCc1ccc(OC(F)(F)F)cc1. The number of anilines is 1. The molecule has 0 aliphatic heterocycles. The Morgan fingerprint density at radius 2 is 1.90 bits per heavy atom. The van der Waals surface area contributed by atoms with Crippen molar-refractivity contribution < 1.29 is 17.9 Å². The van der Waals surface area contributed by atoms with Gasteiger partial charge >= 0.3 is 6.36 Å². The molecule has 4 nitrogen and oxygen atoms in total. The quantitative estimate of drug-likeness (QED) is 0.918. The third-order valence-corrected chi connectivity index (χ3v) is 2.88. The number of benzene rings is 1. The van der Waals surface area contributed by atoms with Gasteiger partial charge < -0.3 is 10.1 Å². The van der Waals surface area contributed by atoms with Crippen LogP contribution in [0.5, 0.6) is 5.75 Å². The molecule has 114 valence electrons. The molecule has 0 aliphatic rings. The van der Waals surface area contributed by atoms with Gasteiger partial charge in [-0.3, -0.25) is 4.68 Å². The fourth-order valence-electron chi connectivity index (χ4n) is 1.95. The van der Waals surface area contributed by atoms with Gasteiger partial charge in [-0.15, -0.1) is 13.2 Å². The molecule has 0 radical (unpaired) electrons. The largest absolute Gasteiger partial charge is 0.573 e. The van der Waals surface area contributed by atoms with Gasteiger partial charge in [0.15, 0.2) is 0 Å². The van der Waals surface area contributed by atoms with E-state index in [1.807, 2.05) is 20.2 Å². The molecule has 21 heavy (non-hydrogen) atoms. The summed E-state index contributed by atoms with van der Waals surface area (Å²) in [5.41, 5.74) is 2.74. The van der Waals surface area contributed by atoms with E-state index in [1.54, 1.807) is 16.8 Å². The number of aryl methyl sites for hydroxylation is 2. The number of aromatic nitrogens is 2. The highest BCUT2D eigenvalue weighted by Crippen LogP contribution is 2.23. The molecule has 0 aliphatic carbocycles. The maximum Gasteiger partial charge on any atom is 0.573 e. The van der Waals surface area contributed by atoms with Crippen LogP contribution in [0.4, 0.5) is 18.9 Å². The van der Waals surface area contributed by atoms with E-state index in [0.29, 0.717) is 6.54 Å². The highest BCUT2D eigenvalue weighted by atomic mass is 19.4. The van der Waals surface area contributed by atoms with Crippen molar-refractivity contribution in [1.29, 1.82) is 0 Å².